The van der Waals surface area contributed by atoms with Gasteiger partial charge in [0.1, 0.15) is 30.1 Å². The van der Waals surface area contributed by atoms with E-state index in [-0.39, 0.29) is 18.4 Å². The molecule has 2 N–H and O–H groups in total. The monoisotopic (exact) mass is 511 g/mol. The van der Waals surface area contributed by atoms with Crippen LogP contribution in [0.15, 0.2) is 91.0 Å². The molecule has 1 unspecified atom stereocenters. The minimum Gasteiger partial charge on any atom is -0.496 e. The Labute approximate surface area is 219 Å². The van der Waals surface area contributed by atoms with Crippen LogP contribution in [0, 0.1) is 5.82 Å². The van der Waals surface area contributed by atoms with E-state index in [0.29, 0.717) is 22.7 Å². The van der Waals surface area contributed by atoms with Crippen LogP contribution in [-0.2, 0) is 11.4 Å². The fourth-order valence-electron chi connectivity index (χ4n) is 4.43. The molecule has 8 heteroatoms. The van der Waals surface area contributed by atoms with E-state index in [1.54, 1.807) is 36.3 Å². The summed E-state index contributed by atoms with van der Waals surface area (Å²) in [4.78, 5) is 26.5. The number of rotatable bonds is 7. The second kappa shape index (κ2) is 10.6. The number of carbonyl (C=O) groups is 2. The number of methoxy groups -OCH3 is 1. The lowest BCUT2D eigenvalue weighted by Crippen LogP contribution is -2.34. The topological polar surface area (TPSA) is 79.9 Å². The molecule has 0 radical (unpaired) electrons. The molecular formula is C30H26FN3O4. The molecule has 1 aliphatic rings. The number of fused-ring (bicyclic) bond motifs is 1. The van der Waals surface area contributed by atoms with E-state index in [2.05, 4.69) is 10.6 Å². The van der Waals surface area contributed by atoms with E-state index in [4.69, 9.17) is 9.47 Å². The van der Waals surface area contributed by atoms with Crippen LogP contribution < -0.4 is 25.0 Å². The molecule has 4 aromatic carbocycles. The maximum Gasteiger partial charge on any atom is 0.260 e. The zero-order chi connectivity index (χ0) is 26.6. The quantitative estimate of drug-likeness (QED) is 0.311. The lowest BCUT2D eigenvalue weighted by molar-refractivity contribution is -0.114. The van der Waals surface area contributed by atoms with Crippen molar-refractivity contribution in [2.45, 2.75) is 19.7 Å². The van der Waals surface area contributed by atoms with Crippen molar-refractivity contribution in [1.82, 2.24) is 0 Å². The van der Waals surface area contributed by atoms with Crippen molar-refractivity contribution < 1.29 is 23.5 Å². The molecular weight excluding hydrogens is 485 g/mol. The number of ether oxygens (including phenoxy) is 2. The van der Waals surface area contributed by atoms with Crippen molar-refractivity contribution in [2.24, 2.45) is 0 Å². The molecule has 0 saturated heterocycles. The Hall–Kier alpha value is -4.85. The van der Waals surface area contributed by atoms with Gasteiger partial charge in [-0.25, -0.2) is 4.39 Å². The van der Waals surface area contributed by atoms with Gasteiger partial charge < -0.3 is 20.1 Å². The van der Waals surface area contributed by atoms with E-state index in [9.17, 15) is 14.0 Å². The predicted octanol–water partition coefficient (Wildman–Crippen LogP) is 6.14. The molecule has 0 saturated carbocycles. The van der Waals surface area contributed by atoms with Gasteiger partial charge in [-0.1, -0.05) is 18.2 Å². The van der Waals surface area contributed by atoms with Crippen LogP contribution in [0.2, 0.25) is 0 Å². The van der Waals surface area contributed by atoms with E-state index in [1.165, 1.54) is 31.2 Å². The van der Waals surface area contributed by atoms with Crippen molar-refractivity contribution >= 4 is 28.9 Å². The summed E-state index contributed by atoms with van der Waals surface area (Å²) in [6.45, 7) is 1.68. The molecule has 2 amide bonds. The normalized spacial score (nSPS) is 13.9. The summed E-state index contributed by atoms with van der Waals surface area (Å²) < 4.78 is 25.1. The van der Waals surface area contributed by atoms with Gasteiger partial charge in [-0.15, -0.1) is 0 Å². The Balaban J connectivity index is 1.42. The summed E-state index contributed by atoms with van der Waals surface area (Å²) in [6, 6.07) is 25.9. The highest BCUT2D eigenvalue weighted by Gasteiger charge is 2.35. The predicted molar refractivity (Wildman–Crippen MR) is 144 cm³/mol. The van der Waals surface area contributed by atoms with E-state index in [0.717, 1.165) is 22.5 Å². The van der Waals surface area contributed by atoms with Gasteiger partial charge in [-0.2, -0.15) is 0 Å². The molecule has 1 aliphatic heterocycles. The van der Waals surface area contributed by atoms with Crippen LogP contribution in [0.5, 0.6) is 11.5 Å². The molecule has 0 aliphatic carbocycles. The highest BCUT2D eigenvalue weighted by molar-refractivity contribution is 6.10. The molecule has 1 atom stereocenters. The average Bonchev–Trinajstić information content (AvgIpc) is 3.32. The third-order valence-electron chi connectivity index (χ3n) is 6.21. The van der Waals surface area contributed by atoms with Crippen LogP contribution in [0.4, 0.5) is 21.5 Å². The smallest absolute Gasteiger partial charge is 0.260 e. The number of halogens is 1. The first-order chi connectivity index (χ1) is 18.4. The van der Waals surface area contributed by atoms with Crippen LogP contribution in [0.25, 0.3) is 0 Å². The largest absolute Gasteiger partial charge is 0.496 e. The van der Waals surface area contributed by atoms with Gasteiger partial charge in [-0.3, -0.25) is 14.5 Å². The Morgan fingerprint density at radius 3 is 2.42 bits per heavy atom. The number of nitrogens with one attached hydrogen (secondary N) is 2. The highest BCUT2D eigenvalue weighted by atomic mass is 19.1. The first-order valence-electron chi connectivity index (χ1n) is 12.0. The third-order valence-corrected chi connectivity index (χ3v) is 6.21. The number of nitrogens with zero attached hydrogens (tertiary/aromatic N) is 1. The SMILES string of the molecule is COc1ccc(C2Nc3ccccc3N2C(=O)c2ccc(F)cc2)cc1COc1ccc(NC(C)=O)cc1. The number of benzene rings is 4. The summed E-state index contributed by atoms with van der Waals surface area (Å²) >= 11 is 0. The van der Waals surface area contributed by atoms with Gasteiger partial charge in [0.15, 0.2) is 0 Å². The second-order valence-electron chi connectivity index (χ2n) is 8.81. The third kappa shape index (κ3) is 5.15. The molecule has 7 nitrogen and oxygen atoms in total. The minimum atomic E-state index is -0.494. The number of carbonyl (C=O) groups excluding carboxylic acids is 2. The van der Waals surface area contributed by atoms with Crippen molar-refractivity contribution in [3.8, 4) is 11.5 Å². The molecule has 1 heterocycles. The maximum atomic E-state index is 13.6. The fourth-order valence-corrected chi connectivity index (χ4v) is 4.43. The van der Waals surface area contributed by atoms with Crippen molar-refractivity contribution in [2.75, 3.05) is 22.6 Å². The van der Waals surface area contributed by atoms with Gasteiger partial charge in [0, 0.05) is 23.7 Å². The van der Waals surface area contributed by atoms with Gasteiger partial charge in [0.05, 0.1) is 18.5 Å². The number of amides is 2. The summed E-state index contributed by atoms with van der Waals surface area (Å²) in [5, 5.41) is 6.16. The zero-order valence-electron chi connectivity index (χ0n) is 20.9. The Morgan fingerprint density at radius 1 is 0.974 bits per heavy atom. The van der Waals surface area contributed by atoms with Crippen molar-refractivity contribution in [1.29, 1.82) is 0 Å². The van der Waals surface area contributed by atoms with Gasteiger partial charge in [0.25, 0.3) is 5.91 Å². The number of hydrogen-bond donors (Lipinski definition) is 2. The molecule has 192 valence electrons. The molecule has 0 spiro atoms. The molecule has 0 fully saturated rings. The molecule has 0 aromatic heterocycles. The second-order valence-corrected chi connectivity index (χ2v) is 8.81. The Morgan fingerprint density at radius 2 is 1.71 bits per heavy atom. The number of hydrogen-bond acceptors (Lipinski definition) is 5. The lowest BCUT2D eigenvalue weighted by atomic mass is 10.1. The highest BCUT2D eigenvalue weighted by Crippen LogP contribution is 2.42. The van der Waals surface area contributed by atoms with Gasteiger partial charge in [-0.05, 0) is 78.4 Å². The van der Waals surface area contributed by atoms with Gasteiger partial charge in [0.2, 0.25) is 5.91 Å². The Bertz CT molecular complexity index is 1470. The van der Waals surface area contributed by atoms with Crippen LogP contribution in [0.3, 0.4) is 0 Å². The number of para-hydroxylation sites is 2. The molecule has 0 bridgehead atoms. The standard InChI is InChI=1S/C30H26FN3O4/c1-19(35)32-24-12-14-25(15-13-24)38-18-22-17-21(9-16-28(22)37-2)29-33-26-5-3-4-6-27(26)34(29)30(36)20-7-10-23(31)11-8-20/h3-17,29,33H,18H2,1-2H3,(H,32,35). The summed E-state index contributed by atoms with van der Waals surface area (Å²) in [7, 11) is 1.59. The van der Waals surface area contributed by atoms with Gasteiger partial charge >= 0.3 is 0 Å². The first-order valence-corrected chi connectivity index (χ1v) is 12.0. The molecule has 5 rings (SSSR count). The zero-order valence-corrected chi connectivity index (χ0v) is 20.9. The van der Waals surface area contributed by atoms with E-state index >= 15 is 0 Å². The van der Waals surface area contributed by atoms with Crippen LogP contribution >= 0.6 is 0 Å². The molecule has 4 aromatic rings. The summed E-state index contributed by atoms with van der Waals surface area (Å²) in [5.41, 5.74) is 4.25. The lowest BCUT2D eigenvalue weighted by Gasteiger charge is -2.26. The number of anilines is 3. The van der Waals surface area contributed by atoms with Crippen molar-refractivity contribution in [3.05, 3.63) is 114 Å². The van der Waals surface area contributed by atoms with E-state index in [1.807, 2.05) is 42.5 Å². The molecule has 38 heavy (non-hydrogen) atoms. The van der Waals surface area contributed by atoms with E-state index < -0.39 is 12.0 Å². The Kier molecular flexibility index (Phi) is 6.95. The maximum absolute atomic E-state index is 13.6. The minimum absolute atomic E-state index is 0.144. The summed E-state index contributed by atoms with van der Waals surface area (Å²) in [5.74, 6) is 0.486. The van der Waals surface area contributed by atoms with Crippen LogP contribution in [-0.4, -0.2) is 18.9 Å². The van der Waals surface area contributed by atoms with Crippen LogP contribution in [0.1, 0.15) is 34.6 Å². The first kappa shape index (κ1) is 24.8. The summed E-state index contributed by atoms with van der Waals surface area (Å²) in [6.07, 6.45) is -0.494. The average molecular weight is 512 g/mol. The van der Waals surface area contributed by atoms with Crippen molar-refractivity contribution in [3.63, 3.8) is 0 Å². The fraction of sp³-hybridized carbons (Fsp3) is 0.133.